The van der Waals surface area contributed by atoms with Gasteiger partial charge in [0.05, 0.1) is 17.4 Å². The lowest BCUT2D eigenvalue weighted by Gasteiger charge is -2.18. The fourth-order valence-electron chi connectivity index (χ4n) is 3.76. The van der Waals surface area contributed by atoms with Gasteiger partial charge in [-0.1, -0.05) is 13.8 Å². The van der Waals surface area contributed by atoms with Crippen LogP contribution in [0.5, 0.6) is 0 Å². The van der Waals surface area contributed by atoms with E-state index in [0.29, 0.717) is 6.54 Å². The maximum Gasteiger partial charge on any atom is 0.323 e. The van der Waals surface area contributed by atoms with E-state index in [1.54, 1.807) is 4.68 Å². The molecule has 1 fully saturated rings. The Labute approximate surface area is 149 Å². The molecule has 3 heterocycles. The monoisotopic (exact) mass is 344 g/mol. The third-order valence-electron chi connectivity index (χ3n) is 4.98. The lowest BCUT2D eigenvalue weighted by molar-refractivity contribution is 0.220. The van der Waals surface area contributed by atoms with Gasteiger partial charge in [0.2, 0.25) is 0 Å². The van der Waals surface area contributed by atoms with E-state index >= 15 is 0 Å². The Morgan fingerprint density at radius 2 is 2.04 bits per heavy atom. The van der Waals surface area contributed by atoms with E-state index in [9.17, 15) is 4.79 Å². The van der Waals surface area contributed by atoms with Crippen LogP contribution in [0.2, 0.25) is 0 Å². The van der Waals surface area contributed by atoms with Gasteiger partial charge in [-0.3, -0.25) is 14.7 Å². The van der Waals surface area contributed by atoms with Gasteiger partial charge in [0.1, 0.15) is 5.82 Å². The molecule has 0 bridgehead atoms. The molecule has 7 heteroatoms. The fraction of sp³-hybridized carbons (Fsp3) is 0.611. The van der Waals surface area contributed by atoms with Crippen molar-refractivity contribution in [3.8, 4) is 0 Å². The number of hydrogen-bond acceptors (Lipinski definition) is 3. The van der Waals surface area contributed by atoms with Crippen LogP contribution in [-0.4, -0.2) is 43.6 Å². The van der Waals surface area contributed by atoms with Crippen molar-refractivity contribution in [2.45, 2.75) is 53.0 Å². The first-order valence-corrected chi connectivity index (χ1v) is 9.08. The molecule has 0 aromatic carbocycles. The van der Waals surface area contributed by atoms with Crippen molar-refractivity contribution in [1.29, 1.82) is 0 Å². The zero-order valence-electron chi connectivity index (χ0n) is 15.8. The third kappa shape index (κ3) is 3.27. The highest BCUT2D eigenvalue weighted by atomic mass is 16.2. The van der Waals surface area contributed by atoms with Crippen LogP contribution < -0.4 is 5.32 Å². The lowest BCUT2D eigenvalue weighted by Crippen LogP contribution is -2.34. The van der Waals surface area contributed by atoms with E-state index in [4.69, 9.17) is 0 Å². The van der Waals surface area contributed by atoms with Gasteiger partial charge in [0.15, 0.2) is 0 Å². The minimum absolute atomic E-state index is 0.0515. The van der Waals surface area contributed by atoms with Crippen LogP contribution in [0.15, 0.2) is 6.07 Å². The number of hydrogen-bond donors (Lipinski definition) is 1. The van der Waals surface area contributed by atoms with Crippen LogP contribution in [0.25, 0.3) is 0 Å². The van der Waals surface area contributed by atoms with Crippen molar-refractivity contribution in [3.05, 3.63) is 28.7 Å². The lowest BCUT2D eigenvalue weighted by atomic mass is 10.1. The first-order valence-electron chi connectivity index (χ1n) is 9.08. The van der Waals surface area contributed by atoms with Crippen LogP contribution in [0, 0.1) is 13.8 Å². The molecular formula is C18H28N6O. The zero-order valence-corrected chi connectivity index (χ0v) is 15.8. The molecule has 1 saturated heterocycles. The van der Waals surface area contributed by atoms with Crippen molar-refractivity contribution in [2.24, 2.45) is 7.05 Å². The Balaban J connectivity index is 1.71. The zero-order chi connectivity index (χ0) is 18.1. The predicted octanol–water partition coefficient (Wildman–Crippen LogP) is 2.84. The molecule has 1 aliphatic heterocycles. The summed E-state index contributed by atoms with van der Waals surface area (Å²) in [6, 6.07) is 2.28. The summed E-state index contributed by atoms with van der Waals surface area (Å²) in [6.45, 7) is 9.69. The third-order valence-corrected chi connectivity index (χ3v) is 4.98. The first-order chi connectivity index (χ1) is 11.9. The van der Waals surface area contributed by atoms with Gasteiger partial charge in [0, 0.05) is 31.4 Å². The Kier molecular flexibility index (Phi) is 4.83. The van der Waals surface area contributed by atoms with E-state index in [-0.39, 0.29) is 12.1 Å². The maximum absolute atomic E-state index is 12.7. The number of aromatic nitrogens is 4. The summed E-state index contributed by atoms with van der Waals surface area (Å²) >= 11 is 0. The molecule has 0 unspecified atom stereocenters. The van der Waals surface area contributed by atoms with E-state index < -0.39 is 0 Å². The smallest absolute Gasteiger partial charge is 0.322 e. The number of likely N-dealkylation sites (tertiary alicyclic amines) is 1. The number of aryl methyl sites for hydroxylation is 4. The highest BCUT2D eigenvalue weighted by Gasteiger charge is 2.29. The quantitative estimate of drug-likeness (QED) is 0.927. The number of carbonyl (C=O) groups excluding carboxylic acids is 1. The molecule has 136 valence electrons. The largest absolute Gasteiger partial charge is 0.323 e. The van der Waals surface area contributed by atoms with E-state index in [2.05, 4.69) is 47.0 Å². The molecule has 1 atom stereocenters. The summed E-state index contributed by atoms with van der Waals surface area (Å²) in [7, 11) is 1.89. The average Bonchev–Trinajstić information content (AvgIpc) is 3.25. The standard InChI is InChI=1S/C18H28N6O/c1-6-15-16(7-2)21-22(5)17(15)19-18(25)23-9-8-14(11-23)24-13(4)10-12(3)20-24/h10,14H,6-9,11H2,1-5H3,(H,19,25)/t14-/m0/s1. The molecule has 2 aromatic heterocycles. The van der Waals surface area contributed by atoms with Crippen LogP contribution in [0.1, 0.15) is 49.0 Å². The van der Waals surface area contributed by atoms with Gasteiger partial charge in [0.25, 0.3) is 0 Å². The van der Waals surface area contributed by atoms with Crippen molar-refractivity contribution in [3.63, 3.8) is 0 Å². The van der Waals surface area contributed by atoms with Gasteiger partial charge in [-0.05, 0) is 39.2 Å². The molecule has 0 aliphatic carbocycles. The number of anilines is 1. The van der Waals surface area contributed by atoms with Crippen molar-refractivity contribution >= 4 is 11.8 Å². The Hall–Kier alpha value is -2.31. The SMILES string of the molecule is CCc1nn(C)c(NC(=O)N2CC[C@H](n3nc(C)cc3C)C2)c1CC. The average molecular weight is 344 g/mol. The molecule has 2 amide bonds. The number of nitrogens with one attached hydrogen (secondary N) is 1. The molecule has 0 radical (unpaired) electrons. The molecule has 25 heavy (non-hydrogen) atoms. The minimum Gasteiger partial charge on any atom is -0.322 e. The molecule has 7 nitrogen and oxygen atoms in total. The molecule has 2 aromatic rings. The first kappa shape index (κ1) is 17.5. The second-order valence-electron chi connectivity index (χ2n) is 6.79. The summed E-state index contributed by atoms with van der Waals surface area (Å²) in [6.07, 6.45) is 2.67. The summed E-state index contributed by atoms with van der Waals surface area (Å²) < 4.78 is 3.84. The molecule has 1 aliphatic rings. The predicted molar refractivity (Wildman–Crippen MR) is 97.9 cm³/mol. The summed E-state index contributed by atoms with van der Waals surface area (Å²) in [5.41, 5.74) is 4.36. The highest BCUT2D eigenvalue weighted by molar-refractivity contribution is 5.89. The summed E-state index contributed by atoms with van der Waals surface area (Å²) in [4.78, 5) is 14.6. The molecule has 3 rings (SSSR count). The maximum atomic E-state index is 12.7. The minimum atomic E-state index is -0.0515. The molecule has 1 N–H and O–H groups in total. The van der Waals surface area contributed by atoms with E-state index in [1.165, 1.54) is 0 Å². The van der Waals surface area contributed by atoms with E-state index in [1.807, 2.05) is 18.9 Å². The molecule has 0 spiro atoms. The van der Waals surface area contributed by atoms with Gasteiger partial charge in [-0.2, -0.15) is 10.2 Å². The van der Waals surface area contributed by atoms with Gasteiger partial charge in [-0.15, -0.1) is 0 Å². The summed E-state index contributed by atoms with van der Waals surface area (Å²) in [5, 5.41) is 12.2. The number of rotatable bonds is 4. The van der Waals surface area contributed by atoms with Crippen LogP contribution in [-0.2, 0) is 19.9 Å². The van der Waals surface area contributed by atoms with Crippen LogP contribution in [0.4, 0.5) is 10.6 Å². The fourth-order valence-corrected chi connectivity index (χ4v) is 3.76. The normalized spacial score (nSPS) is 17.3. The number of nitrogens with zero attached hydrogens (tertiary/aromatic N) is 5. The number of amides is 2. The molecule has 0 saturated carbocycles. The number of urea groups is 1. The Morgan fingerprint density at radius 3 is 2.64 bits per heavy atom. The second kappa shape index (κ2) is 6.90. The Bertz CT molecular complexity index is 775. The van der Waals surface area contributed by atoms with Crippen molar-refractivity contribution in [1.82, 2.24) is 24.5 Å². The van der Waals surface area contributed by atoms with Gasteiger partial charge in [-0.25, -0.2) is 4.79 Å². The van der Waals surface area contributed by atoms with Crippen molar-refractivity contribution < 1.29 is 4.79 Å². The highest BCUT2D eigenvalue weighted by Crippen LogP contribution is 2.25. The van der Waals surface area contributed by atoms with Gasteiger partial charge < -0.3 is 4.90 Å². The van der Waals surface area contributed by atoms with Gasteiger partial charge >= 0.3 is 6.03 Å². The van der Waals surface area contributed by atoms with Crippen molar-refractivity contribution in [2.75, 3.05) is 18.4 Å². The second-order valence-corrected chi connectivity index (χ2v) is 6.79. The van der Waals surface area contributed by atoms with Crippen LogP contribution >= 0.6 is 0 Å². The molecular weight excluding hydrogens is 316 g/mol. The summed E-state index contributed by atoms with van der Waals surface area (Å²) in [5.74, 6) is 0.818. The van der Waals surface area contributed by atoms with E-state index in [0.717, 1.165) is 54.3 Å². The topological polar surface area (TPSA) is 68.0 Å². The Morgan fingerprint density at radius 1 is 1.28 bits per heavy atom. The van der Waals surface area contributed by atoms with Crippen LogP contribution in [0.3, 0.4) is 0 Å². The number of carbonyl (C=O) groups is 1.